The standard InChI is InChI=1S/C6H8O.C4H10O/c1-4-6(3,7)5-2;1-3-5-4-2/h1,5,7H,2H2,3H3;3-4H2,1-2H3. The Balaban J connectivity index is 0. The van der Waals surface area contributed by atoms with Gasteiger partial charge in [-0.3, -0.25) is 0 Å². The molecule has 0 spiro atoms. The molecule has 2 nitrogen and oxygen atoms in total. The van der Waals surface area contributed by atoms with Gasteiger partial charge in [-0.2, -0.15) is 0 Å². The van der Waals surface area contributed by atoms with Crippen LogP contribution in [0.1, 0.15) is 20.8 Å². The van der Waals surface area contributed by atoms with Gasteiger partial charge < -0.3 is 9.84 Å². The van der Waals surface area contributed by atoms with Gasteiger partial charge in [0, 0.05) is 13.2 Å². The number of hydrogen-bond donors (Lipinski definition) is 1. The van der Waals surface area contributed by atoms with Crippen molar-refractivity contribution < 1.29 is 9.84 Å². The van der Waals surface area contributed by atoms with E-state index in [0.29, 0.717) is 0 Å². The zero-order chi connectivity index (χ0) is 10.0. The maximum atomic E-state index is 8.78. The van der Waals surface area contributed by atoms with E-state index in [4.69, 9.17) is 16.3 Å². The first-order chi connectivity index (χ1) is 5.54. The normalized spacial score (nSPS) is 13.2. The van der Waals surface area contributed by atoms with Crippen molar-refractivity contribution in [1.29, 1.82) is 0 Å². The largest absolute Gasteiger partial charge is 0.382 e. The first-order valence-corrected chi connectivity index (χ1v) is 3.95. The van der Waals surface area contributed by atoms with Gasteiger partial charge in [0.2, 0.25) is 0 Å². The summed E-state index contributed by atoms with van der Waals surface area (Å²) < 4.78 is 4.83. The van der Waals surface area contributed by atoms with Crippen molar-refractivity contribution in [1.82, 2.24) is 0 Å². The molecule has 1 atom stereocenters. The second-order valence-electron chi connectivity index (χ2n) is 2.28. The van der Waals surface area contributed by atoms with Gasteiger partial charge >= 0.3 is 0 Å². The van der Waals surface area contributed by atoms with Crippen molar-refractivity contribution in [2.75, 3.05) is 13.2 Å². The lowest BCUT2D eigenvalue weighted by Gasteiger charge is -2.06. The Morgan fingerprint density at radius 2 is 2.00 bits per heavy atom. The van der Waals surface area contributed by atoms with Gasteiger partial charge in [0.15, 0.2) is 0 Å². The molecular formula is C10H18O2. The van der Waals surface area contributed by atoms with Crippen LogP contribution in [0.4, 0.5) is 0 Å². The summed E-state index contributed by atoms with van der Waals surface area (Å²) in [5, 5.41) is 8.78. The average Bonchev–Trinajstić information content (AvgIpc) is 2.07. The van der Waals surface area contributed by atoms with Gasteiger partial charge in [0.25, 0.3) is 0 Å². The van der Waals surface area contributed by atoms with Gasteiger partial charge in [-0.1, -0.05) is 12.5 Å². The first-order valence-electron chi connectivity index (χ1n) is 3.95. The molecule has 0 aliphatic heterocycles. The maximum absolute atomic E-state index is 8.78. The Bertz CT molecular complexity index is 140. The van der Waals surface area contributed by atoms with Crippen molar-refractivity contribution in [3.63, 3.8) is 0 Å². The van der Waals surface area contributed by atoms with E-state index in [9.17, 15) is 0 Å². The van der Waals surface area contributed by atoms with Crippen LogP contribution in [0.5, 0.6) is 0 Å². The second-order valence-corrected chi connectivity index (χ2v) is 2.28. The van der Waals surface area contributed by atoms with Crippen LogP contribution in [-0.2, 0) is 4.74 Å². The molecule has 0 aromatic heterocycles. The third kappa shape index (κ3) is 12.0. The number of rotatable bonds is 3. The molecule has 0 radical (unpaired) electrons. The fourth-order valence-electron chi connectivity index (χ4n) is 0.263. The van der Waals surface area contributed by atoms with E-state index in [1.165, 1.54) is 13.0 Å². The summed E-state index contributed by atoms with van der Waals surface area (Å²) in [4.78, 5) is 0. The predicted octanol–water partition coefficient (Wildman–Crippen LogP) is 1.60. The van der Waals surface area contributed by atoms with Crippen LogP contribution in [0, 0.1) is 12.3 Å². The molecule has 0 rings (SSSR count). The van der Waals surface area contributed by atoms with E-state index in [0.717, 1.165) is 13.2 Å². The zero-order valence-electron chi connectivity index (χ0n) is 8.13. The Morgan fingerprint density at radius 3 is 2.00 bits per heavy atom. The summed E-state index contributed by atoms with van der Waals surface area (Å²) in [6.45, 7) is 10.5. The van der Waals surface area contributed by atoms with Crippen molar-refractivity contribution in [2.24, 2.45) is 0 Å². The molecule has 0 heterocycles. The second kappa shape index (κ2) is 8.32. The Morgan fingerprint density at radius 1 is 1.58 bits per heavy atom. The molecule has 1 unspecified atom stereocenters. The predicted molar refractivity (Wildman–Crippen MR) is 51.8 cm³/mol. The van der Waals surface area contributed by atoms with E-state index in [-0.39, 0.29) is 0 Å². The van der Waals surface area contributed by atoms with Gasteiger partial charge in [-0.15, -0.1) is 6.42 Å². The average molecular weight is 170 g/mol. The first kappa shape index (κ1) is 13.8. The summed E-state index contributed by atoms with van der Waals surface area (Å²) in [7, 11) is 0. The Kier molecular flexibility index (Phi) is 9.56. The van der Waals surface area contributed by atoms with Crippen LogP contribution in [0.3, 0.4) is 0 Å². The van der Waals surface area contributed by atoms with Crippen LogP contribution in [0.15, 0.2) is 12.7 Å². The Hall–Kier alpha value is -0.780. The quantitative estimate of drug-likeness (QED) is 0.515. The summed E-state index contributed by atoms with van der Waals surface area (Å²) in [6.07, 6.45) is 6.16. The van der Waals surface area contributed by atoms with Crippen LogP contribution in [0.25, 0.3) is 0 Å². The maximum Gasteiger partial charge on any atom is 0.140 e. The van der Waals surface area contributed by atoms with E-state index >= 15 is 0 Å². The minimum atomic E-state index is -1.12. The molecule has 0 aliphatic rings. The van der Waals surface area contributed by atoms with Crippen LogP contribution < -0.4 is 0 Å². The van der Waals surface area contributed by atoms with Crippen molar-refractivity contribution in [2.45, 2.75) is 26.4 Å². The van der Waals surface area contributed by atoms with E-state index in [1.54, 1.807) is 0 Å². The minimum absolute atomic E-state index is 0.844. The third-order valence-corrected chi connectivity index (χ3v) is 1.10. The van der Waals surface area contributed by atoms with Gasteiger partial charge in [0.05, 0.1) is 0 Å². The molecule has 12 heavy (non-hydrogen) atoms. The summed E-state index contributed by atoms with van der Waals surface area (Å²) in [6, 6.07) is 0. The molecule has 0 aliphatic carbocycles. The van der Waals surface area contributed by atoms with E-state index in [1.807, 2.05) is 13.8 Å². The lowest BCUT2D eigenvalue weighted by Crippen LogP contribution is -2.15. The van der Waals surface area contributed by atoms with E-state index in [2.05, 4.69) is 12.5 Å². The van der Waals surface area contributed by atoms with Crippen molar-refractivity contribution in [3.05, 3.63) is 12.7 Å². The Labute approximate surface area is 75.2 Å². The lowest BCUT2D eigenvalue weighted by molar-refractivity contribution is 0.162. The smallest absolute Gasteiger partial charge is 0.140 e. The highest BCUT2D eigenvalue weighted by Gasteiger charge is 2.07. The molecule has 0 bridgehead atoms. The van der Waals surface area contributed by atoms with Gasteiger partial charge in [-0.05, 0) is 26.8 Å². The topological polar surface area (TPSA) is 29.5 Å². The van der Waals surface area contributed by atoms with Gasteiger partial charge in [0.1, 0.15) is 5.60 Å². The van der Waals surface area contributed by atoms with Gasteiger partial charge in [-0.25, -0.2) is 0 Å². The fraction of sp³-hybridized carbons (Fsp3) is 0.600. The molecular weight excluding hydrogens is 152 g/mol. The van der Waals surface area contributed by atoms with E-state index < -0.39 is 5.60 Å². The minimum Gasteiger partial charge on any atom is -0.382 e. The third-order valence-electron chi connectivity index (χ3n) is 1.10. The molecule has 0 fully saturated rings. The fourth-order valence-corrected chi connectivity index (χ4v) is 0.263. The summed E-state index contributed by atoms with van der Waals surface area (Å²) >= 11 is 0. The van der Waals surface area contributed by atoms with Crippen molar-refractivity contribution in [3.8, 4) is 12.3 Å². The monoisotopic (exact) mass is 170 g/mol. The molecule has 0 aromatic carbocycles. The van der Waals surface area contributed by atoms with Crippen molar-refractivity contribution >= 4 is 0 Å². The number of ether oxygens (including phenoxy) is 1. The molecule has 2 heteroatoms. The highest BCUT2D eigenvalue weighted by Crippen LogP contribution is 1.98. The van der Waals surface area contributed by atoms with Crippen LogP contribution in [0.2, 0.25) is 0 Å². The molecule has 0 aromatic rings. The SMILES string of the molecule is C#CC(C)(O)C=C.CCOCC. The highest BCUT2D eigenvalue weighted by atomic mass is 16.5. The molecule has 0 saturated heterocycles. The lowest BCUT2D eigenvalue weighted by atomic mass is 10.1. The molecule has 0 saturated carbocycles. The van der Waals surface area contributed by atoms with Crippen LogP contribution in [-0.4, -0.2) is 23.9 Å². The number of terminal acetylenes is 1. The molecule has 1 N–H and O–H groups in total. The number of hydrogen-bond acceptors (Lipinski definition) is 2. The number of aliphatic hydroxyl groups is 1. The summed E-state index contributed by atoms with van der Waals surface area (Å²) in [5.74, 6) is 2.13. The molecule has 0 amide bonds. The summed E-state index contributed by atoms with van der Waals surface area (Å²) in [5.41, 5.74) is -1.12. The van der Waals surface area contributed by atoms with Crippen LogP contribution >= 0.6 is 0 Å². The highest BCUT2D eigenvalue weighted by molar-refractivity contribution is 5.13. The zero-order valence-corrected chi connectivity index (χ0v) is 8.13. The molecule has 70 valence electrons.